The minimum atomic E-state index is -0.810. The van der Waals surface area contributed by atoms with Crippen molar-refractivity contribution >= 4 is 22.9 Å². The number of phenolic OH excluding ortho intramolecular Hbond substituents is 1. The standard InChI is InChI=1S/C26H32N6O2/c1-17-10-11-21(33)20(12-17)14-27-23-22-24(31-25(30-23)29-18(2)13-26(3,4)34)32(16-28-22)15-19-8-6-5-7-9-19/h5-12,16,18,33-34H,13-15H2,1-4H3,(H2,27,29,30,31). The molecule has 0 radical (unpaired) electrons. The number of hydrogen-bond acceptors (Lipinski definition) is 7. The first-order chi connectivity index (χ1) is 16.2. The zero-order valence-electron chi connectivity index (χ0n) is 20.1. The van der Waals surface area contributed by atoms with Crippen LogP contribution in [0.2, 0.25) is 0 Å². The molecule has 2 aromatic heterocycles. The molecule has 8 heteroatoms. The van der Waals surface area contributed by atoms with E-state index in [2.05, 4.69) is 32.7 Å². The molecule has 2 aromatic carbocycles. The van der Waals surface area contributed by atoms with Crippen molar-refractivity contribution in [3.63, 3.8) is 0 Å². The van der Waals surface area contributed by atoms with E-state index >= 15 is 0 Å². The van der Waals surface area contributed by atoms with Gasteiger partial charge in [-0.25, -0.2) is 4.98 Å². The average molecular weight is 461 g/mol. The number of nitrogens with one attached hydrogen (secondary N) is 2. The molecule has 1 unspecified atom stereocenters. The Labute approximate surface area is 199 Å². The predicted molar refractivity (Wildman–Crippen MR) is 135 cm³/mol. The van der Waals surface area contributed by atoms with Crippen LogP contribution < -0.4 is 10.6 Å². The van der Waals surface area contributed by atoms with Gasteiger partial charge in [0.1, 0.15) is 5.75 Å². The van der Waals surface area contributed by atoms with Gasteiger partial charge in [-0.2, -0.15) is 9.97 Å². The van der Waals surface area contributed by atoms with Gasteiger partial charge in [0.05, 0.1) is 18.5 Å². The molecule has 0 saturated carbocycles. The topological polar surface area (TPSA) is 108 Å². The first-order valence-corrected chi connectivity index (χ1v) is 11.5. The van der Waals surface area contributed by atoms with Crippen LogP contribution >= 0.6 is 0 Å². The van der Waals surface area contributed by atoms with E-state index in [0.29, 0.717) is 42.4 Å². The largest absolute Gasteiger partial charge is 0.508 e. The van der Waals surface area contributed by atoms with Gasteiger partial charge in [0.15, 0.2) is 17.0 Å². The van der Waals surface area contributed by atoms with Gasteiger partial charge in [0.25, 0.3) is 0 Å². The van der Waals surface area contributed by atoms with Crippen molar-refractivity contribution in [1.82, 2.24) is 19.5 Å². The Balaban J connectivity index is 1.68. The molecule has 0 saturated heterocycles. The van der Waals surface area contributed by atoms with Gasteiger partial charge in [0, 0.05) is 18.2 Å². The second-order valence-electron chi connectivity index (χ2n) is 9.47. The van der Waals surface area contributed by atoms with E-state index in [1.165, 1.54) is 0 Å². The summed E-state index contributed by atoms with van der Waals surface area (Å²) in [4.78, 5) is 14.0. The van der Waals surface area contributed by atoms with Crippen LogP contribution in [0.5, 0.6) is 5.75 Å². The fourth-order valence-electron chi connectivity index (χ4n) is 4.08. The van der Waals surface area contributed by atoms with Gasteiger partial charge in [-0.3, -0.25) is 0 Å². The lowest BCUT2D eigenvalue weighted by Gasteiger charge is -2.23. The highest BCUT2D eigenvalue weighted by molar-refractivity contribution is 5.84. The lowest BCUT2D eigenvalue weighted by molar-refractivity contribution is 0.0672. The Morgan fingerprint density at radius 3 is 2.59 bits per heavy atom. The maximum Gasteiger partial charge on any atom is 0.226 e. The van der Waals surface area contributed by atoms with Gasteiger partial charge in [-0.1, -0.05) is 48.0 Å². The van der Waals surface area contributed by atoms with Crippen molar-refractivity contribution in [2.75, 3.05) is 10.6 Å². The van der Waals surface area contributed by atoms with Crippen molar-refractivity contribution in [1.29, 1.82) is 0 Å². The molecule has 4 aromatic rings. The van der Waals surface area contributed by atoms with Crippen LogP contribution in [0.15, 0.2) is 54.9 Å². The minimum absolute atomic E-state index is 0.0448. The molecule has 4 rings (SSSR count). The minimum Gasteiger partial charge on any atom is -0.508 e. The van der Waals surface area contributed by atoms with Crippen molar-refractivity contribution in [2.24, 2.45) is 0 Å². The van der Waals surface area contributed by atoms with E-state index in [9.17, 15) is 10.2 Å². The second kappa shape index (κ2) is 9.69. The Morgan fingerprint density at radius 2 is 1.85 bits per heavy atom. The number of aryl methyl sites for hydroxylation is 1. The van der Waals surface area contributed by atoms with Gasteiger partial charge >= 0.3 is 0 Å². The van der Waals surface area contributed by atoms with Crippen LogP contribution in [-0.2, 0) is 13.1 Å². The van der Waals surface area contributed by atoms with Crippen molar-refractivity contribution in [3.05, 3.63) is 71.5 Å². The number of imidazole rings is 1. The molecular weight excluding hydrogens is 428 g/mol. The highest BCUT2D eigenvalue weighted by atomic mass is 16.3. The Kier molecular flexibility index (Phi) is 6.70. The summed E-state index contributed by atoms with van der Waals surface area (Å²) < 4.78 is 1.99. The number of rotatable bonds is 9. The van der Waals surface area contributed by atoms with Crippen LogP contribution in [-0.4, -0.2) is 41.4 Å². The molecule has 0 amide bonds. The third-order valence-corrected chi connectivity index (χ3v) is 5.52. The SMILES string of the molecule is Cc1ccc(O)c(CNc2nc(NC(C)CC(C)(C)O)nc3c2ncn3Cc2ccccc2)c1. The third-order valence-electron chi connectivity index (χ3n) is 5.52. The van der Waals surface area contributed by atoms with Gasteiger partial charge in [-0.05, 0) is 45.7 Å². The Bertz CT molecular complexity index is 1260. The highest BCUT2D eigenvalue weighted by Crippen LogP contribution is 2.25. The van der Waals surface area contributed by atoms with E-state index < -0.39 is 5.60 Å². The van der Waals surface area contributed by atoms with E-state index in [0.717, 1.165) is 16.7 Å². The monoisotopic (exact) mass is 460 g/mol. The number of hydrogen-bond donors (Lipinski definition) is 4. The van der Waals surface area contributed by atoms with E-state index in [1.807, 2.05) is 48.7 Å². The quantitative estimate of drug-likeness (QED) is 0.292. The van der Waals surface area contributed by atoms with Crippen LogP contribution in [0.25, 0.3) is 11.2 Å². The van der Waals surface area contributed by atoms with Crippen LogP contribution in [0.1, 0.15) is 43.9 Å². The molecular formula is C26H32N6O2. The zero-order valence-corrected chi connectivity index (χ0v) is 20.1. The second-order valence-corrected chi connectivity index (χ2v) is 9.47. The van der Waals surface area contributed by atoms with Crippen LogP contribution in [0.3, 0.4) is 0 Å². The fraction of sp³-hybridized carbons (Fsp3) is 0.346. The summed E-state index contributed by atoms with van der Waals surface area (Å²) in [6.45, 7) is 8.57. The normalized spacial score (nSPS) is 12.6. The number of anilines is 2. The van der Waals surface area contributed by atoms with E-state index in [-0.39, 0.29) is 11.8 Å². The Hall–Kier alpha value is -3.65. The maximum atomic E-state index is 10.2. The molecule has 0 aliphatic heterocycles. The molecule has 34 heavy (non-hydrogen) atoms. The predicted octanol–water partition coefficient (Wildman–Crippen LogP) is 4.46. The van der Waals surface area contributed by atoms with Gasteiger partial charge < -0.3 is 25.4 Å². The van der Waals surface area contributed by atoms with Crippen molar-refractivity contribution in [3.8, 4) is 5.75 Å². The summed E-state index contributed by atoms with van der Waals surface area (Å²) >= 11 is 0. The lowest BCUT2D eigenvalue weighted by Crippen LogP contribution is -2.29. The van der Waals surface area contributed by atoms with Gasteiger partial charge in [0.2, 0.25) is 5.95 Å². The molecule has 2 heterocycles. The first-order valence-electron chi connectivity index (χ1n) is 11.5. The molecule has 0 bridgehead atoms. The highest BCUT2D eigenvalue weighted by Gasteiger charge is 2.20. The molecule has 0 aliphatic carbocycles. The zero-order chi connectivity index (χ0) is 24.3. The molecule has 4 N–H and O–H groups in total. The summed E-state index contributed by atoms with van der Waals surface area (Å²) in [7, 11) is 0. The maximum absolute atomic E-state index is 10.2. The molecule has 0 spiro atoms. The number of aliphatic hydroxyl groups is 1. The summed E-state index contributed by atoms with van der Waals surface area (Å²) in [5, 5.41) is 27.1. The summed E-state index contributed by atoms with van der Waals surface area (Å²) in [5.41, 5.74) is 3.54. The van der Waals surface area contributed by atoms with Crippen LogP contribution in [0, 0.1) is 6.92 Å². The number of nitrogens with zero attached hydrogens (tertiary/aromatic N) is 4. The Morgan fingerprint density at radius 1 is 1.09 bits per heavy atom. The van der Waals surface area contributed by atoms with E-state index in [1.54, 1.807) is 26.2 Å². The van der Waals surface area contributed by atoms with Gasteiger partial charge in [-0.15, -0.1) is 0 Å². The summed E-state index contributed by atoms with van der Waals surface area (Å²) in [5.74, 6) is 1.26. The molecule has 1 atom stereocenters. The number of aromatic nitrogens is 4. The number of benzene rings is 2. The summed E-state index contributed by atoms with van der Waals surface area (Å²) in [6.07, 6.45) is 2.31. The molecule has 0 aliphatic rings. The van der Waals surface area contributed by atoms with Crippen LogP contribution in [0.4, 0.5) is 11.8 Å². The average Bonchev–Trinajstić information content (AvgIpc) is 3.16. The number of aromatic hydroxyl groups is 1. The van der Waals surface area contributed by atoms with Crippen molar-refractivity contribution < 1.29 is 10.2 Å². The number of phenols is 1. The lowest BCUT2D eigenvalue weighted by atomic mass is 10.0. The molecule has 8 nitrogen and oxygen atoms in total. The third kappa shape index (κ3) is 5.82. The fourth-order valence-corrected chi connectivity index (χ4v) is 4.08. The summed E-state index contributed by atoms with van der Waals surface area (Å²) in [6, 6.07) is 15.6. The number of fused-ring (bicyclic) bond motifs is 1. The van der Waals surface area contributed by atoms with E-state index in [4.69, 9.17) is 4.98 Å². The van der Waals surface area contributed by atoms with Crippen molar-refractivity contribution in [2.45, 2.75) is 58.8 Å². The molecule has 0 fully saturated rings. The smallest absolute Gasteiger partial charge is 0.226 e. The first kappa shape index (κ1) is 23.5. The molecule has 178 valence electrons.